The summed E-state index contributed by atoms with van der Waals surface area (Å²) in [7, 11) is 0. The lowest BCUT2D eigenvalue weighted by atomic mass is 10.1. The molecule has 0 aliphatic carbocycles. The van der Waals surface area contributed by atoms with E-state index in [9.17, 15) is 4.79 Å². The minimum Gasteiger partial charge on any atom is -0.481 e. The Morgan fingerprint density at radius 2 is 2.43 bits per heavy atom. The predicted molar refractivity (Wildman–Crippen MR) is 50.8 cm³/mol. The van der Waals surface area contributed by atoms with Crippen molar-refractivity contribution < 1.29 is 9.90 Å². The van der Waals surface area contributed by atoms with Gasteiger partial charge in [0, 0.05) is 13.0 Å². The largest absolute Gasteiger partial charge is 0.481 e. The van der Waals surface area contributed by atoms with Gasteiger partial charge in [-0.05, 0) is 6.42 Å². The van der Waals surface area contributed by atoms with E-state index < -0.39 is 5.97 Å². The number of aryl methyl sites for hydroxylation is 1. The highest BCUT2D eigenvalue weighted by molar-refractivity contribution is 5.69. The van der Waals surface area contributed by atoms with Gasteiger partial charge in [0.25, 0.3) is 0 Å². The van der Waals surface area contributed by atoms with E-state index in [4.69, 9.17) is 5.11 Å². The molecule has 0 saturated carbocycles. The molecule has 5 nitrogen and oxygen atoms in total. The van der Waals surface area contributed by atoms with E-state index in [1.54, 1.807) is 17.8 Å². The van der Waals surface area contributed by atoms with Gasteiger partial charge in [-0.1, -0.05) is 19.1 Å². The molecule has 5 heteroatoms. The second-order valence-corrected chi connectivity index (χ2v) is 3.39. The van der Waals surface area contributed by atoms with Crippen LogP contribution in [0.4, 0.5) is 0 Å². The lowest BCUT2D eigenvalue weighted by Gasteiger charge is -2.07. The average molecular weight is 197 g/mol. The molecule has 1 heterocycles. The third-order valence-corrected chi connectivity index (χ3v) is 2.07. The molecule has 0 aromatic carbocycles. The molecule has 0 radical (unpaired) electrons. The molecule has 0 amide bonds. The van der Waals surface area contributed by atoms with Crippen LogP contribution in [0.15, 0.2) is 6.20 Å². The molecular formula is C9H15N3O2. The predicted octanol–water partition coefficient (Wildman–Crippen LogP) is 0.951. The monoisotopic (exact) mass is 197 g/mol. The zero-order valence-electron chi connectivity index (χ0n) is 8.47. The molecule has 0 aliphatic heterocycles. The number of carboxylic acids is 1. The Kier molecular flexibility index (Phi) is 3.62. The van der Waals surface area contributed by atoms with Crippen molar-refractivity contribution in [2.45, 2.75) is 33.2 Å². The van der Waals surface area contributed by atoms with E-state index >= 15 is 0 Å². The molecule has 0 spiro atoms. The van der Waals surface area contributed by atoms with Crippen LogP contribution in [0.1, 0.15) is 26.0 Å². The van der Waals surface area contributed by atoms with Gasteiger partial charge in [0.1, 0.15) is 0 Å². The van der Waals surface area contributed by atoms with Crippen molar-refractivity contribution in [2.24, 2.45) is 5.92 Å². The summed E-state index contributed by atoms with van der Waals surface area (Å²) >= 11 is 0. The van der Waals surface area contributed by atoms with Crippen molar-refractivity contribution in [1.29, 1.82) is 0 Å². The summed E-state index contributed by atoms with van der Waals surface area (Å²) < 4.78 is 1.76. The number of rotatable bonds is 5. The molecule has 0 bridgehead atoms. The molecular weight excluding hydrogens is 182 g/mol. The van der Waals surface area contributed by atoms with E-state index in [0.29, 0.717) is 6.42 Å². The Bertz CT molecular complexity index is 309. The van der Waals surface area contributed by atoms with E-state index in [2.05, 4.69) is 10.3 Å². The van der Waals surface area contributed by atoms with Crippen molar-refractivity contribution in [1.82, 2.24) is 15.0 Å². The smallest absolute Gasteiger partial charge is 0.306 e. The first kappa shape index (κ1) is 10.7. The van der Waals surface area contributed by atoms with E-state index in [1.807, 2.05) is 6.92 Å². The second-order valence-electron chi connectivity index (χ2n) is 3.39. The third-order valence-electron chi connectivity index (χ3n) is 2.07. The van der Waals surface area contributed by atoms with Gasteiger partial charge < -0.3 is 5.11 Å². The number of hydrogen-bond donors (Lipinski definition) is 1. The first-order chi connectivity index (χ1) is 6.65. The number of carboxylic acid groups (broad SMARTS) is 1. The molecule has 1 atom stereocenters. The highest BCUT2D eigenvalue weighted by Crippen LogP contribution is 2.07. The zero-order valence-corrected chi connectivity index (χ0v) is 8.47. The van der Waals surface area contributed by atoms with Gasteiger partial charge in [-0.2, -0.15) is 0 Å². The van der Waals surface area contributed by atoms with Crippen LogP contribution < -0.4 is 0 Å². The summed E-state index contributed by atoms with van der Waals surface area (Å²) in [6, 6.07) is 0. The summed E-state index contributed by atoms with van der Waals surface area (Å²) in [5.41, 5.74) is 0.891. The lowest BCUT2D eigenvalue weighted by Crippen LogP contribution is -2.15. The van der Waals surface area contributed by atoms with Crippen molar-refractivity contribution in [3.05, 3.63) is 11.9 Å². The van der Waals surface area contributed by atoms with E-state index in [-0.39, 0.29) is 5.92 Å². The molecule has 1 rings (SSSR count). The maximum Gasteiger partial charge on any atom is 0.306 e. The van der Waals surface area contributed by atoms with Crippen LogP contribution in [0, 0.1) is 5.92 Å². The van der Waals surface area contributed by atoms with E-state index in [1.165, 1.54) is 0 Å². The molecule has 0 fully saturated rings. The summed E-state index contributed by atoms with van der Waals surface area (Å²) in [6.07, 6.45) is 3.09. The maximum atomic E-state index is 10.6. The normalized spacial score (nSPS) is 12.7. The quantitative estimate of drug-likeness (QED) is 0.763. The summed E-state index contributed by atoms with van der Waals surface area (Å²) in [4.78, 5) is 10.6. The number of nitrogens with zero attached hydrogens (tertiary/aromatic N) is 3. The van der Waals surface area contributed by atoms with Crippen molar-refractivity contribution >= 4 is 5.97 Å². The SMILES string of the molecule is CCCn1nncc1CC(C)C(=O)O. The Hall–Kier alpha value is -1.39. The highest BCUT2D eigenvalue weighted by Gasteiger charge is 2.14. The summed E-state index contributed by atoms with van der Waals surface area (Å²) in [5, 5.41) is 16.4. The van der Waals surface area contributed by atoms with Crippen LogP contribution in [-0.2, 0) is 17.8 Å². The van der Waals surface area contributed by atoms with Gasteiger partial charge in [-0.3, -0.25) is 4.79 Å². The molecule has 0 aliphatic rings. The van der Waals surface area contributed by atoms with Crippen LogP contribution in [0.3, 0.4) is 0 Å². The molecule has 1 unspecified atom stereocenters. The Morgan fingerprint density at radius 1 is 1.71 bits per heavy atom. The number of aliphatic carboxylic acids is 1. The van der Waals surface area contributed by atoms with Gasteiger partial charge >= 0.3 is 5.97 Å². The van der Waals surface area contributed by atoms with Gasteiger partial charge in [0.2, 0.25) is 0 Å². The summed E-state index contributed by atoms with van der Waals surface area (Å²) in [6.45, 7) is 4.53. The maximum absolute atomic E-state index is 10.6. The number of hydrogen-bond acceptors (Lipinski definition) is 3. The lowest BCUT2D eigenvalue weighted by molar-refractivity contribution is -0.141. The molecule has 1 aromatic heterocycles. The standard InChI is InChI=1S/C9H15N3O2/c1-3-4-12-8(6-10-11-12)5-7(2)9(13)14/h6-7H,3-5H2,1-2H3,(H,13,14). The van der Waals surface area contributed by atoms with Crippen LogP contribution in [0.5, 0.6) is 0 Å². The minimum atomic E-state index is -0.783. The van der Waals surface area contributed by atoms with Gasteiger partial charge in [0.15, 0.2) is 0 Å². The fourth-order valence-electron chi connectivity index (χ4n) is 1.24. The third kappa shape index (κ3) is 2.55. The molecule has 0 saturated heterocycles. The molecule has 1 N–H and O–H groups in total. The van der Waals surface area contributed by atoms with Crippen molar-refractivity contribution in [2.75, 3.05) is 0 Å². The Balaban J connectivity index is 2.66. The molecule has 1 aromatic rings. The van der Waals surface area contributed by atoms with Gasteiger partial charge in [0.05, 0.1) is 17.8 Å². The molecule has 78 valence electrons. The van der Waals surface area contributed by atoms with Crippen LogP contribution in [0.2, 0.25) is 0 Å². The van der Waals surface area contributed by atoms with Crippen LogP contribution >= 0.6 is 0 Å². The topological polar surface area (TPSA) is 68.0 Å². The Morgan fingerprint density at radius 3 is 3.00 bits per heavy atom. The first-order valence-electron chi connectivity index (χ1n) is 4.75. The minimum absolute atomic E-state index is 0.385. The average Bonchev–Trinajstić information content (AvgIpc) is 2.53. The van der Waals surface area contributed by atoms with Crippen LogP contribution in [0.25, 0.3) is 0 Å². The first-order valence-corrected chi connectivity index (χ1v) is 4.75. The van der Waals surface area contributed by atoms with Crippen LogP contribution in [-0.4, -0.2) is 26.1 Å². The number of aromatic nitrogens is 3. The fraction of sp³-hybridized carbons (Fsp3) is 0.667. The van der Waals surface area contributed by atoms with Crippen molar-refractivity contribution in [3.63, 3.8) is 0 Å². The zero-order chi connectivity index (χ0) is 10.6. The fourth-order valence-corrected chi connectivity index (χ4v) is 1.24. The number of carbonyl (C=O) groups is 1. The second kappa shape index (κ2) is 4.74. The van der Waals surface area contributed by atoms with Crippen molar-refractivity contribution in [3.8, 4) is 0 Å². The Labute approximate surface area is 82.7 Å². The van der Waals surface area contributed by atoms with Gasteiger partial charge in [-0.25, -0.2) is 4.68 Å². The summed E-state index contributed by atoms with van der Waals surface area (Å²) in [5.74, 6) is -1.17. The molecule has 14 heavy (non-hydrogen) atoms. The highest BCUT2D eigenvalue weighted by atomic mass is 16.4. The van der Waals surface area contributed by atoms with Gasteiger partial charge in [-0.15, -0.1) is 5.10 Å². The van der Waals surface area contributed by atoms with E-state index in [0.717, 1.165) is 18.7 Å².